The predicted octanol–water partition coefficient (Wildman–Crippen LogP) is 3.97. The van der Waals surface area contributed by atoms with Crippen LogP contribution in [0.1, 0.15) is 18.9 Å². The van der Waals surface area contributed by atoms with Crippen LogP contribution in [-0.2, 0) is 26.6 Å². The number of aromatic nitrogens is 4. The van der Waals surface area contributed by atoms with Crippen molar-refractivity contribution < 1.29 is 0 Å². The topological polar surface area (TPSA) is 65.1 Å². The number of halogens is 1. The number of rotatable bonds is 5. The van der Waals surface area contributed by atoms with E-state index in [2.05, 4.69) is 24.0 Å². The van der Waals surface area contributed by atoms with Gasteiger partial charge in [0, 0.05) is 37.4 Å². The Balaban J connectivity index is 1.58. The monoisotopic (exact) mass is 463 g/mol. The molecule has 0 spiro atoms. The lowest BCUT2D eigenvalue weighted by atomic mass is 10.1. The summed E-state index contributed by atoms with van der Waals surface area (Å²) in [5.74, 6) is 0.955. The van der Waals surface area contributed by atoms with Gasteiger partial charge < -0.3 is 9.47 Å². The van der Waals surface area contributed by atoms with E-state index in [-0.39, 0.29) is 17.2 Å². The van der Waals surface area contributed by atoms with Gasteiger partial charge in [-0.3, -0.25) is 13.9 Å². The first-order chi connectivity index (χ1) is 15.9. The average molecular weight is 464 g/mol. The molecule has 33 heavy (non-hydrogen) atoms. The van der Waals surface area contributed by atoms with Crippen LogP contribution in [-0.4, -0.2) is 25.2 Å². The molecule has 2 aromatic heterocycles. The molecule has 5 rings (SSSR count). The summed E-state index contributed by atoms with van der Waals surface area (Å²) >= 11 is 6.24. The number of aryl methyl sites for hydroxylation is 2. The van der Waals surface area contributed by atoms with Crippen molar-refractivity contribution in [3.63, 3.8) is 0 Å². The number of benzene rings is 2. The Kier molecular flexibility index (Phi) is 5.58. The van der Waals surface area contributed by atoms with Crippen LogP contribution in [0.25, 0.3) is 11.2 Å². The first kappa shape index (κ1) is 21.5. The number of hydrogen-bond donors (Lipinski definition) is 0. The molecule has 0 amide bonds. The molecule has 1 atom stereocenters. The van der Waals surface area contributed by atoms with E-state index in [1.165, 1.54) is 14.7 Å². The van der Waals surface area contributed by atoms with E-state index in [9.17, 15) is 9.59 Å². The van der Waals surface area contributed by atoms with Crippen LogP contribution in [0.15, 0.2) is 64.2 Å². The third-order valence-corrected chi connectivity index (χ3v) is 6.49. The minimum atomic E-state index is -0.335. The smallest absolute Gasteiger partial charge is 0.312 e. The number of hydrogen-bond acceptors (Lipinski definition) is 4. The molecule has 2 aromatic carbocycles. The highest BCUT2D eigenvalue weighted by molar-refractivity contribution is 6.30. The zero-order valence-electron chi connectivity index (χ0n) is 18.7. The van der Waals surface area contributed by atoms with Crippen molar-refractivity contribution in [2.45, 2.75) is 32.9 Å². The lowest BCUT2D eigenvalue weighted by Gasteiger charge is -2.33. The highest BCUT2D eigenvalue weighted by Crippen LogP contribution is 2.33. The molecule has 0 fully saturated rings. The molecule has 170 valence electrons. The van der Waals surface area contributed by atoms with E-state index in [0.29, 0.717) is 41.6 Å². The third kappa shape index (κ3) is 3.86. The second-order valence-corrected chi connectivity index (χ2v) is 9.21. The van der Waals surface area contributed by atoms with Gasteiger partial charge in [-0.2, -0.15) is 4.98 Å². The lowest BCUT2D eigenvalue weighted by molar-refractivity contribution is 0.457. The molecule has 0 N–H and O–H groups in total. The van der Waals surface area contributed by atoms with Crippen molar-refractivity contribution in [2.75, 3.05) is 11.4 Å². The first-order valence-electron chi connectivity index (χ1n) is 11.2. The zero-order chi connectivity index (χ0) is 23.1. The van der Waals surface area contributed by atoms with Crippen molar-refractivity contribution in [3.8, 4) is 0 Å². The average Bonchev–Trinajstić information content (AvgIpc) is 3.19. The summed E-state index contributed by atoms with van der Waals surface area (Å²) in [6.07, 6.45) is 1.51. The summed E-state index contributed by atoms with van der Waals surface area (Å²) in [4.78, 5) is 33.4. The van der Waals surface area contributed by atoms with Crippen LogP contribution in [0, 0.1) is 5.92 Å². The second kappa shape index (κ2) is 8.56. The van der Waals surface area contributed by atoms with E-state index in [4.69, 9.17) is 16.6 Å². The van der Waals surface area contributed by atoms with Crippen molar-refractivity contribution in [1.29, 1.82) is 0 Å². The fourth-order valence-electron chi connectivity index (χ4n) is 4.65. The maximum Gasteiger partial charge on any atom is 0.332 e. The van der Waals surface area contributed by atoms with E-state index in [1.807, 2.05) is 47.0 Å². The number of imidazole rings is 1. The Bertz CT molecular complexity index is 1440. The van der Waals surface area contributed by atoms with Crippen LogP contribution in [0.3, 0.4) is 0 Å². The van der Waals surface area contributed by atoms with Crippen LogP contribution in [0.5, 0.6) is 0 Å². The van der Waals surface area contributed by atoms with Gasteiger partial charge in [0.1, 0.15) is 0 Å². The van der Waals surface area contributed by atoms with Gasteiger partial charge in [-0.05, 0) is 42.5 Å². The van der Waals surface area contributed by atoms with Crippen LogP contribution < -0.4 is 16.1 Å². The van der Waals surface area contributed by atoms with E-state index >= 15 is 0 Å². The molecular formula is C25H26ClN5O2. The minimum absolute atomic E-state index is 0.278. The first-order valence-corrected chi connectivity index (χ1v) is 11.6. The molecule has 3 heterocycles. The van der Waals surface area contributed by atoms with Gasteiger partial charge in [0.25, 0.3) is 5.56 Å². The van der Waals surface area contributed by atoms with Gasteiger partial charge in [0.05, 0.1) is 0 Å². The van der Waals surface area contributed by atoms with Crippen molar-refractivity contribution in [3.05, 3.63) is 86.0 Å². The standard InChI is InChI=1S/C25H26ClN5O2/c1-17-15-30(20-12-6-11-19(26)14-20)24-27-22-21(31(24)16-17)23(32)29(25(33)28(22)2)13-7-10-18-8-4-3-5-9-18/h3-6,8-9,11-12,14,17H,7,10,13,15-16H2,1-2H3/t17-/m0/s1. The molecule has 0 bridgehead atoms. The summed E-state index contributed by atoms with van der Waals surface area (Å²) in [7, 11) is 1.68. The predicted molar refractivity (Wildman–Crippen MR) is 132 cm³/mol. The van der Waals surface area contributed by atoms with Crippen molar-refractivity contribution in [1.82, 2.24) is 18.7 Å². The fourth-order valence-corrected chi connectivity index (χ4v) is 4.83. The lowest BCUT2D eigenvalue weighted by Crippen LogP contribution is -2.40. The largest absolute Gasteiger partial charge is 0.332 e. The zero-order valence-corrected chi connectivity index (χ0v) is 19.5. The number of fused-ring (bicyclic) bond motifs is 3. The van der Waals surface area contributed by atoms with Gasteiger partial charge in [-0.1, -0.05) is 54.9 Å². The van der Waals surface area contributed by atoms with Gasteiger partial charge in [-0.15, -0.1) is 0 Å². The van der Waals surface area contributed by atoms with Gasteiger partial charge in [0.15, 0.2) is 11.2 Å². The highest BCUT2D eigenvalue weighted by Gasteiger charge is 2.29. The number of nitrogens with zero attached hydrogens (tertiary/aromatic N) is 5. The molecule has 1 aliphatic heterocycles. The Morgan fingerprint density at radius 1 is 1.06 bits per heavy atom. The van der Waals surface area contributed by atoms with Crippen LogP contribution in [0.2, 0.25) is 5.02 Å². The minimum Gasteiger partial charge on any atom is -0.312 e. The molecule has 0 radical (unpaired) electrons. The van der Waals surface area contributed by atoms with Crippen LogP contribution >= 0.6 is 11.6 Å². The Morgan fingerprint density at radius 3 is 2.61 bits per heavy atom. The summed E-state index contributed by atoms with van der Waals surface area (Å²) in [6.45, 7) is 3.93. The summed E-state index contributed by atoms with van der Waals surface area (Å²) < 4.78 is 4.80. The molecule has 0 saturated heterocycles. The number of anilines is 2. The molecule has 0 aliphatic carbocycles. The van der Waals surface area contributed by atoms with E-state index < -0.39 is 0 Å². The summed E-state index contributed by atoms with van der Waals surface area (Å²) in [6, 6.07) is 17.7. The van der Waals surface area contributed by atoms with Crippen LogP contribution in [0.4, 0.5) is 11.6 Å². The SMILES string of the molecule is C[C@H]1CN(c2cccc(Cl)c2)c2nc3c(c(=O)n(CCCc4ccccc4)c(=O)n3C)n2C1. The van der Waals surface area contributed by atoms with Gasteiger partial charge in [0.2, 0.25) is 5.95 Å². The van der Waals surface area contributed by atoms with Gasteiger partial charge in [-0.25, -0.2) is 4.79 Å². The molecule has 1 aliphatic rings. The Hall–Kier alpha value is -3.32. The normalized spacial score (nSPS) is 15.7. The van der Waals surface area contributed by atoms with Crippen molar-refractivity contribution >= 4 is 34.4 Å². The maximum atomic E-state index is 13.5. The summed E-state index contributed by atoms with van der Waals surface area (Å²) in [5, 5.41) is 0.640. The molecule has 4 aromatic rings. The highest BCUT2D eigenvalue weighted by atomic mass is 35.5. The maximum absolute atomic E-state index is 13.5. The summed E-state index contributed by atoms with van der Waals surface area (Å²) in [5.41, 5.74) is 2.39. The fraction of sp³-hybridized carbons (Fsp3) is 0.320. The Morgan fingerprint density at radius 2 is 1.85 bits per heavy atom. The van der Waals surface area contributed by atoms with E-state index in [1.54, 1.807) is 7.05 Å². The van der Waals surface area contributed by atoms with Gasteiger partial charge >= 0.3 is 5.69 Å². The molecule has 0 unspecified atom stereocenters. The van der Waals surface area contributed by atoms with Crippen molar-refractivity contribution in [2.24, 2.45) is 13.0 Å². The molecule has 0 saturated carbocycles. The second-order valence-electron chi connectivity index (χ2n) is 8.78. The van der Waals surface area contributed by atoms with E-state index in [0.717, 1.165) is 18.7 Å². The quantitative estimate of drug-likeness (QED) is 0.449. The Labute approximate surface area is 196 Å². The molecular weight excluding hydrogens is 438 g/mol. The third-order valence-electron chi connectivity index (χ3n) is 6.25. The molecule has 8 heteroatoms. The molecule has 7 nitrogen and oxygen atoms in total.